The lowest BCUT2D eigenvalue weighted by Crippen LogP contribution is -2.42. The van der Waals surface area contributed by atoms with Crippen LogP contribution in [0.4, 0.5) is 4.39 Å². The number of thioether (sulfide) groups is 1. The summed E-state index contributed by atoms with van der Waals surface area (Å²) >= 11 is 3.60. The van der Waals surface area contributed by atoms with Gasteiger partial charge in [-0.05, 0) is 78.9 Å². The van der Waals surface area contributed by atoms with Gasteiger partial charge in [0.25, 0.3) is 0 Å². The van der Waals surface area contributed by atoms with Gasteiger partial charge in [0.15, 0.2) is 0 Å². The molecule has 1 aliphatic heterocycles. The number of halogens is 1. The minimum atomic E-state index is -0.717. The van der Waals surface area contributed by atoms with Crippen molar-refractivity contribution in [3.63, 3.8) is 0 Å². The van der Waals surface area contributed by atoms with Crippen molar-refractivity contribution in [2.24, 2.45) is 17.0 Å². The molecule has 2 aromatic heterocycles. The lowest BCUT2D eigenvalue weighted by molar-refractivity contribution is -0.142. The number of esters is 1. The molecule has 0 saturated carbocycles. The average molecular weight is 546 g/mol. The molecule has 0 bridgehead atoms. The summed E-state index contributed by atoms with van der Waals surface area (Å²) in [5, 5.41) is 6.13. The van der Waals surface area contributed by atoms with Crippen LogP contribution >= 0.6 is 23.1 Å². The Balaban J connectivity index is 1.43. The van der Waals surface area contributed by atoms with Gasteiger partial charge in [0, 0.05) is 30.6 Å². The number of pyridine rings is 1. The summed E-state index contributed by atoms with van der Waals surface area (Å²) in [6.07, 6.45) is 2.45. The number of thiophene rings is 1. The van der Waals surface area contributed by atoms with Gasteiger partial charge >= 0.3 is 5.97 Å². The fourth-order valence-electron chi connectivity index (χ4n) is 5.13. The first-order chi connectivity index (χ1) is 18.0. The summed E-state index contributed by atoms with van der Waals surface area (Å²) in [7, 11) is 2.97. The molecular formula is C27H32FN3O4S2. The molecule has 0 aliphatic carbocycles. The van der Waals surface area contributed by atoms with Crippen LogP contribution in [0.25, 0.3) is 10.9 Å². The third-order valence-corrected chi connectivity index (χ3v) is 9.20. The van der Waals surface area contributed by atoms with E-state index in [0.717, 1.165) is 31.8 Å². The van der Waals surface area contributed by atoms with Crippen LogP contribution in [0.2, 0.25) is 0 Å². The van der Waals surface area contributed by atoms with Crippen molar-refractivity contribution >= 4 is 40.0 Å². The molecule has 3 atom stereocenters. The topological polar surface area (TPSA) is 81.1 Å². The van der Waals surface area contributed by atoms with Crippen molar-refractivity contribution in [2.45, 2.75) is 35.9 Å². The van der Waals surface area contributed by atoms with Crippen molar-refractivity contribution in [3.05, 3.63) is 58.2 Å². The summed E-state index contributed by atoms with van der Waals surface area (Å²) in [6, 6.07) is 9.94. The number of rotatable bonds is 12. The Kier molecular flexibility index (Phi) is 9.88. The van der Waals surface area contributed by atoms with Gasteiger partial charge in [-0.2, -0.15) is 9.30 Å². The Hall–Kier alpha value is -2.56. The van der Waals surface area contributed by atoms with E-state index in [9.17, 15) is 14.1 Å². The van der Waals surface area contributed by atoms with E-state index < -0.39 is 12.0 Å². The largest absolute Gasteiger partial charge is 0.497 e. The van der Waals surface area contributed by atoms with Crippen LogP contribution in [0.5, 0.6) is 5.75 Å². The number of hydrogen-bond acceptors (Lipinski definition) is 9. The standard InChI is InChI=1S/C27H32FN3O4S2/c1-34-20-6-8-23-21(15-20)22(16-25(28)29-23)24(30-33)7-5-18-9-10-31(17-19(18)14-26(32)35-2)11-13-37-27-4-3-12-36-27/h3-4,6,8,12,15-16,18-19,24H,5,7,9-11,13-14,17H2,1-2H3. The Bertz CT molecular complexity index is 1190. The fourth-order valence-corrected chi connectivity index (χ4v) is 6.99. The van der Waals surface area contributed by atoms with Crippen LogP contribution in [0, 0.1) is 22.7 Å². The van der Waals surface area contributed by atoms with E-state index in [-0.39, 0.29) is 17.8 Å². The first-order valence-electron chi connectivity index (χ1n) is 12.4. The van der Waals surface area contributed by atoms with E-state index in [4.69, 9.17) is 9.47 Å². The normalized spacial score (nSPS) is 19.0. The molecule has 37 heavy (non-hydrogen) atoms. The molecule has 4 rings (SSSR count). The highest BCUT2D eigenvalue weighted by atomic mass is 32.2. The first kappa shape index (κ1) is 27.5. The second-order valence-corrected chi connectivity index (χ2v) is 11.6. The molecule has 1 aromatic carbocycles. The quantitative estimate of drug-likeness (QED) is 0.114. The first-order valence-corrected chi connectivity index (χ1v) is 14.3. The zero-order chi connectivity index (χ0) is 26.2. The number of benzene rings is 1. The number of hydrogen-bond donors (Lipinski definition) is 0. The average Bonchev–Trinajstić information content (AvgIpc) is 3.43. The van der Waals surface area contributed by atoms with Crippen LogP contribution in [0.3, 0.4) is 0 Å². The molecule has 3 aromatic rings. The number of nitrogens with zero attached hydrogens (tertiary/aromatic N) is 3. The minimum Gasteiger partial charge on any atom is -0.497 e. The smallest absolute Gasteiger partial charge is 0.305 e. The van der Waals surface area contributed by atoms with E-state index in [1.165, 1.54) is 17.4 Å². The van der Waals surface area contributed by atoms with Gasteiger partial charge in [-0.15, -0.1) is 23.1 Å². The van der Waals surface area contributed by atoms with E-state index in [2.05, 4.69) is 32.6 Å². The maximum absolute atomic E-state index is 14.3. The van der Waals surface area contributed by atoms with Crippen molar-refractivity contribution < 1.29 is 18.7 Å². The van der Waals surface area contributed by atoms with Gasteiger partial charge in [0.1, 0.15) is 11.8 Å². The molecule has 198 valence electrons. The number of aromatic nitrogens is 1. The minimum absolute atomic E-state index is 0.131. The second-order valence-electron chi connectivity index (χ2n) is 9.29. The number of carbonyl (C=O) groups is 1. The number of piperidine rings is 1. The molecule has 3 unspecified atom stereocenters. The highest BCUT2D eigenvalue weighted by molar-refractivity contribution is 8.01. The highest BCUT2D eigenvalue weighted by Gasteiger charge is 2.32. The van der Waals surface area contributed by atoms with Gasteiger partial charge in [-0.1, -0.05) is 11.2 Å². The van der Waals surface area contributed by atoms with Crippen LogP contribution in [0.1, 0.15) is 37.3 Å². The summed E-state index contributed by atoms with van der Waals surface area (Å²) < 4.78 is 25.9. The van der Waals surface area contributed by atoms with E-state index in [1.807, 2.05) is 11.8 Å². The van der Waals surface area contributed by atoms with Gasteiger partial charge in [0.2, 0.25) is 5.95 Å². The molecule has 0 amide bonds. The SMILES string of the molecule is COC(=O)CC1CN(CCSc2cccs2)CCC1CCC(N=O)c1cc(F)nc2ccc(OC)cc12. The van der Waals surface area contributed by atoms with Crippen LogP contribution in [-0.4, -0.2) is 55.5 Å². The van der Waals surface area contributed by atoms with Gasteiger partial charge in [0.05, 0.1) is 23.9 Å². The number of carbonyl (C=O) groups excluding carboxylic acids is 1. The van der Waals surface area contributed by atoms with Crippen LogP contribution in [-0.2, 0) is 9.53 Å². The highest BCUT2D eigenvalue weighted by Crippen LogP contribution is 2.37. The monoisotopic (exact) mass is 545 g/mol. The van der Waals surface area contributed by atoms with E-state index >= 15 is 0 Å². The Morgan fingerprint density at radius 2 is 2.16 bits per heavy atom. The summed E-state index contributed by atoms with van der Waals surface area (Å²) in [4.78, 5) is 30.5. The number of likely N-dealkylation sites (tertiary alicyclic amines) is 1. The van der Waals surface area contributed by atoms with Gasteiger partial charge in [-0.3, -0.25) is 4.79 Å². The van der Waals surface area contributed by atoms with E-state index in [1.54, 1.807) is 36.6 Å². The summed E-state index contributed by atoms with van der Waals surface area (Å²) in [5.41, 5.74) is 0.977. The van der Waals surface area contributed by atoms with Gasteiger partial charge < -0.3 is 14.4 Å². The lowest BCUT2D eigenvalue weighted by atomic mass is 9.79. The maximum Gasteiger partial charge on any atom is 0.305 e. The zero-order valence-electron chi connectivity index (χ0n) is 21.1. The molecular weight excluding hydrogens is 513 g/mol. The van der Waals surface area contributed by atoms with Crippen LogP contribution < -0.4 is 4.74 Å². The van der Waals surface area contributed by atoms with Crippen molar-refractivity contribution in [2.75, 3.05) is 39.6 Å². The number of fused-ring (bicyclic) bond motifs is 1. The van der Waals surface area contributed by atoms with Crippen molar-refractivity contribution in [1.82, 2.24) is 9.88 Å². The lowest BCUT2D eigenvalue weighted by Gasteiger charge is -2.38. The molecule has 3 heterocycles. The predicted molar refractivity (Wildman–Crippen MR) is 146 cm³/mol. The molecule has 1 saturated heterocycles. The van der Waals surface area contributed by atoms with Crippen LogP contribution in [0.15, 0.2) is 51.2 Å². The Morgan fingerprint density at radius 1 is 1.30 bits per heavy atom. The number of methoxy groups -OCH3 is 2. The number of nitroso groups, excluding NO2 is 1. The molecule has 1 aliphatic rings. The second kappa shape index (κ2) is 13.3. The third-order valence-electron chi connectivity index (χ3n) is 7.09. The molecule has 7 nitrogen and oxygen atoms in total. The maximum atomic E-state index is 14.3. The Labute approximate surface area is 224 Å². The summed E-state index contributed by atoms with van der Waals surface area (Å²) in [6.45, 7) is 2.71. The van der Waals surface area contributed by atoms with E-state index in [0.29, 0.717) is 41.5 Å². The van der Waals surface area contributed by atoms with Crippen molar-refractivity contribution in [3.8, 4) is 5.75 Å². The molecule has 0 spiro atoms. The number of ether oxygens (including phenoxy) is 2. The zero-order valence-corrected chi connectivity index (χ0v) is 22.7. The molecule has 10 heteroatoms. The fraction of sp³-hybridized carbons (Fsp3) is 0.481. The third kappa shape index (κ3) is 7.27. The van der Waals surface area contributed by atoms with Gasteiger partial charge in [-0.25, -0.2) is 4.98 Å². The molecule has 0 N–H and O–H groups in total. The van der Waals surface area contributed by atoms with Crippen molar-refractivity contribution in [1.29, 1.82) is 0 Å². The Morgan fingerprint density at radius 3 is 2.89 bits per heavy atom. The summed E-state index contributed by atoms with van der Waals surface area (Å²) in [5.74, 6) is 1.12. The molecule has 0 radical (unpaired) electrons. The predicted octanol–water partition coefficient (Wildman–Crippen LogP) is 6.33. The molecule has 1 fully saturated rings.